The van der Waals surface area contributed by atoms with E-state index in [1.807, 2.05) is 0 Å². The summed E-state index contributed by atoms with van der Waals surface area (Å²) in [6.07, 6.45) is 3.14. The van der Waals surface area contributed by atoms with E-state index in [2.05, 4.69) is 40.2 Å². The fourth-order valence-corrected chi connectivity index (χ4v) is 3.65. The molecule has 110 valence electrons. The Kier molecular flexibility index (Phi) is 4.41. The van der Waals surface area contributed by atoms with Gasteiger partial charge in [0.25, 0.3) is 0 Å². The van der Waals surface area contributed by atoms with Gasteiger partial charge in [0, 0.05) is 4.47 Å². The van der Waals surface area contributed by atoms with Crippen LogP contribution in [-0.2, 0) is 19.3 Å². The topological polar surface area (TPSA) is 20.2 Å². The minimum absolute atomic E-state index is 0.258. The summed E-state index contributed by atoms with van der Waals surface area (Å²) in [5, 5.41) is 10.5. The SMILES string of the molecule is OC(Cc1ccc(F)cc1Br)C1CCc2ccccc2C1. The summed E-state index contributed by atoms with van der Waals surface area (Å²) in [6, 6.07) is 13.1. The monoisotopic (exact) mass is 348 g/mol. The van der Waals surface area contributed by atoms with E-state index in [-0.39, 0.29) is 17.8 Å². The summed E-state index contributed by atoms with van der Waals surface area (Å²) >= 11 is 3.37. The van der Waals surface area contributed by atoms with E-state index >= 15 is 0 Å². The van der Waals surface area contributed by atoms with Crippen molar-refractivity contribution >= 4 is 15.9 Å². The van der Waals surface area contributed by atoms with Crippen LogP contribution in [-0.4, -0.2) is 11.2 Å². The molecule has 1 aliphatic rings. The summed E-state index contributed by atoms with van der Waals surface area (Å²) in [7, 11) is 0. The second-order valence-corrected chi connectivity index (χ2v) is 6.63. The molecule has 0 aromatic heterocycles. The summed E-state index contributed by atoms with van der Waals surface area (Å²) in [5.41, 5.74) is 3.72. The molecule has 1 nitrogen and oxygen atoms in total. The van der Waals surface area contributed by atoms with E-state index in [0.717, 1.165) is 29.3 Å². The molecular weight excluding hydrogens is 331 g/mol. The molecule has 2 aromatic carbocycles. The molecule has 0 saturated carbocycles. The Labute approximate surface area is 132 Å². The van der Waals surface area contributed by atoms with Gasteiger partial charge < -0.3 is 5.11 Å². The lowest BCUT2D eigenvalue weighted by Crippen LogP contribution is -2.28. The van der Waals surface area contributed by atoms with Crippen LogP contribution < -0.4 is 0 Å². The van der Waals surface area contributed by atoms with E-state index in [4.69, 9.17) is 0 Å². The molecule has 0 heterocycles. The first-order valence-electron chi connectivity index (χ1n) is 7.32. The summed E-state index contributed by atoms with van der Waals surface area (Å²) in [6.45, 7) is 0. The summed E-state index contributed by atoms with van der Waals surface area (Å²) < 4.78 is 13.8. The Morgan fingerprint density at radius 2 is 1.95 bits per heavy atom. The quantitative estimate of drug-likeness (QED) is 0.876. The zero-order valence-corrected chi connectivity index (χ0v) is 13.3. The van der Waals surface area contributed by atoms with Gasteiger partial charge in [-0.1, -0.05) is 46.3 Å². The molecule has 3 rings (SSSR count). The van der Waals surface area contributed by atoms with E-state index in [1.54, 1.807) is 6.07 Å². The van der Waals surface area contributed by atoms with Crippen molar-refractivity contribution in [1.82, 2.24) is 0 Å². The maximum absolute atomic E-state index is 13.1. The number of benzene rings is 2. The zero-order chi connectivity index (χ0) is 14.8. The van der Waals surface area contributed by atoms with Gasteiger partial charge >= 0.3 is 0 Å². The highest BCUT2D eigenvalue weighted by Gasteiger charge is 2.25. The van der Waals surface area contributed by atoms with Gasteiger partial charge in [-0.15, -0.1) is 0 Å². The minimum Gasteiger partial charge on any atom is -0.392 e. The number of hydrogen-bond acceptors (Lipinski definition) is 1. The minimum atomic E-state index is -0.389. The van der Waals surface area contributed by atoms with E-state index < -0.39 is 0 Å². The fourth-order valence-electron chi connectivity index (χ4n) is 3.13. The van der Waals surface area contributed by atoms with Crippen molar-refractivity contribution < 1.29 is 9.50 Å². The van der Waals surface area contributed by atoms with Crippen molar-refractivity contribution in [3.05, 3.63) is 69.4 Å². The summed E-state index contributed by atoms with van der Waals surface area (Å²) in [5.74, 6) is 0.0172. The van der Waals surface area contributed by atoms with Gasteiger partial charge in [-0.05, 0) is 60.4 Å². The molecule has 3 heteroatoms. The number of halogens is 2. The fraction of sp³-hybridized carbons (Fsp3) is 0.333. The third-order valence-corrected chi connectivity index (χ3v) is 5.11. The first kappa shape index (κ1) is 14.7. The van der Waals surface area contributed by atoms with Gasteiger partial charge in [0.15, 0.2) is 0 Å². The maximum atomic E-state index is 13.1. The normalized spacial score (nSPS) is 19.1. The van der Waals surface area contributed by atoms with E-state index in [0.29, 0.717) is 6.42 Å². The van der Waals surface area contributed by atoms with E-state index in [1.165, 1.54) is 23.3 Å². The van der Waals surface area contributed by atoms with Crippen LogP contribution in [0.4, 0.5) is 4.39 Å². The molecule has 2 unspecified atom stereocenters. The third kappa shape index (κ3) is 3.35. The number of aryl methyl sites for hydroxylation is 1. The Morgan fingerprint density at radius 1 is 1.19 bits per heavy atom. The van der Waals surface area contributed by atoms with Crippen LogP contribution in [0.25, 0.3) is 0 Å². The van der Waals surface area contributed by atoms with Crippen molar-refractivity contribution in [3.63, 3.8) is 0 Å². The van der Waals surface area contributed by atoms with Gasteiger partial charge in [-0.3, -0.25) is 0 Å². The number of rotatable bonds is 3. The van der Waals surface area contributed by atoms with Crippen LogP contribution in [0.1, 0.15) is 23.1 Å². The largest absolute Gasteiger partial charge is 0.392 e. The maximum Gasteiger partial charge on any atom is 0.124 e. The van der Waals surface area contributed by atoms with Gasteiger partial charge in [0.1, 0.15) is 5.82 Å². The first-order valence-corrected chi connectivity index (χ1v) is 8.11. The highest BCUT2D eigenvalue weighted by Crippen LogP contribution is 2.30. The predicted octanol–water partition coefficient (Wildman–Crippen LogP) is 4.30. The van der Waals surface area contributed by atoms with Crippen molar-refractivity contribution in [2.24, 2.45) is 5.92 Å². The zero-order valence-electron chi connectivity index (χ0n) is 11.7. The van der Waals surface area contributed by atoms with Crippen LogP contribution in [0.15, 0.2) is 46.9 Å². The van der Waals surface area contributed by atoms with Gasteiger partial charge in [-0.2, -0.15) is 0 Å². The molecule has 21 heavy (non-hydrogen) atoms. The lowest BCUT2D eigenvalue weighted by molar-refractivity contribution is 0.0991. The molecule has 0 fully saturated rings. The predicted molar refractivity (Wildman–Crippen MR) is 85.8 cm³/mol. The van der Waals surface area contributed by atoms with Crippen LogP contribution >= 0.6 is 15.9 Å². The molecule has 0 aliphatic heterocycles. The molecular formula is C18H18BrFO. The standard InChI is InChI=1S/C18H18BrFO/c19-17-11-16(20)8-7-14(17)10-18(21)15-6-5-12-3-1-2-4-13(12)9-15/h1-4,7-8,11,15,18,21H,5-6,9-10H2. The smallest absolute Gasteiger partial charge is 0.124 e. The Morgan fingerprint density at radius 3 is 2.71 bits per heavy atom. The molecule has 1 N–H and O–H groups in total. The molecule has 2 atom stereocenters. The Bertz CT molecular complexity index is 641. The Balaban J connectivity index is 1.70. The van der Waals surface area contributed by atoms with Crippen molar-refractivity contribution in [2.45, 2.75) is 31.8 Å². The van der Waals surface area contributed by atoms with Crippen LogP contribution in [0.3, 0.4) is 0 Å². The van der Waals surface area contributed by atoms with Crippen LogP contribution in [0.2, 0.25) is 0 Å². The number of hydrogen-bond donors (Lipinski definition) is 1. The third-order valence-electron chi connectivity index (χ3n) is 4.37. The average molecular weight is 349 g/mol. The molecule has 2 aromatic rings. The Hall–Kier alpha value is -1.19. The molecule has 1 aliphatic carbocycles. The number of aliphatic hydroxyl groups excluding tert-OH is 1. The summed E-state index contributed by atoms with van der Waals surface area (Å²) in [4.78, 5) is 0. The highest BCUT2D eigenvalue weighted by molar-refractivity contribution is 9.10. The van der Waals surface area contributed by atoms with Crippen molar-refractivity contribution in [2.75, 3.05) is 0 Å². The van der Waals surface area contributed by atoms with Gasteiger partial charge in [0.2, 0.25) is 0 Å². The highest BCUT2D eigenvalue weighted by atomic mass is 79.9. The first-order chi connectivity index (χ1) is 10.1. The van der Waals surface area contributed by atoms with Crippen LogP contribution in [0, 0.1) is 11.7 Å². The molecule has 0 bridgehead atoms. The van der Waals surface area contributed by atoms with Crippen molar-refractivity contribution in [1.29, 1.82) is 0 Å². The molecule has 0 radical (unpaired) electrons. The van der Waals surface area contributed by atoms with Crippen LogP contribution in [0.5, 0.6) is 0 Å². The molecule has 0 amide bonds. The number of aliphatic hydroxyl groups is 1. The second-order valence-electron chi connectivity index (χ2n) is 5.78. The average Bonchev–Trinajstić information content (AvgIpc) is 2.49. The molecule has 0 saturated heterocycles. The van der Waals surface area contributed by atoms with Gasteiger partial charge in [0.05, 0.1) is 6.10 Å². The lowest BCUT2D eigenvalue weighted by atomic mass is 9.79. The number of fused-ring (bicyclic) bond motifs is 1. The second kappa shape index (κ2) is 6.29. The van der Waals surface area contributed by atoms with Gasteiger partial charge in [-0.25, -0.2) is 4.39 Å². The molecule has 0 spiro atoms. The van der Waals surface area contributed by atoms with Crippen molar-refractivity contribution in [3.8, 4) is 0 Å². The van der Waals surface area contributed by atoms with E-state index in [9.17, 15) is 9.50 Å². The lowest BCUT2D eigenvalue weighted by Gasteiger charge is -2.28.